The van der Waals surface area contributed by atoms with Crippen LogP contribution in [0.2, 0.25) is 0 Å². The number of ether oxygens (including phenoxy) is 1. The molecule has 1 unspecified atom stereocenters. The summed E-state index contributed by atoms with van der Waals surface area (Å²) in [5.41, 5.74) is 3.79. The Morgan fingerprint density at radius 3 is 2.67 bits per heavy atom. The highest BCUT2D eigenvalue weighted by Crippen LogP contribution is 2.31. The van der Waals surface area contributed by atoms with E-state index in [-0.39, 0.29) is 6.04 Å². The minimum absolute atomic E-state index is 0.209. The third kappa shape index (κ3) is 2.28. The van der Waals surface area contributed by atoms with Crippen LogP contribution in [0.1, 0.15) is 17.2 Å². The van der Waals surface area contributed by atoms with E-state index in [0.29, 0.717) is 13.2 Å². The molecule has 3 aromatic carbocycles. The normalized spacial score (nSPS) is 17.4. The molecule has 0 aromatic heterocycles. The van der Waals surface area contributed by atoms with E-state index >= 15 is 0 Å². The predicted octanol–water partition coefficient (Wildman–Crippen LogP) is 4.52. The monoisotopic (exact) mass is 275 g/mol. The smallest absolute Gasteiger partial charge is 0.0751 e. The summed E-state index contributed by atoms with van der Waals surface area (Å²) in [5.74, 6) is 0. The lowest BCUT2D eigenvalue weighted by molar-refractivity contribution is 0.0970. The molecule has 0 fully saturated rings. The maximum Gasteiger partial charge on any atom is 0.0751 e. The Labute approximate surface area is 124 Å². The van der Waals surface area contributed by atoms with E-state index in [1.54, 1.807) is 0 Å². The zero-order chi connectivity index (χ0) is 14.1. The Bertz CT molecular complexity index is 776. The minimum atomic E-state index is 0.209. The third-order valence-corrected chi connectivity index (χ3v) is 4.09. The zero-order valence-electron chi connectivity index (χ0n) is 11.8. The molecule has 2 heteroatoms. The maximum atomic E-state index is 5.73. The highest BCUT2D eigenvalue weighted by atomic mass is 16.5. The van der Waals surface area contributed by atoms with Gasteiger partial charge in [0, 0.05) is 11.1 Å². The summed E-state index contributed by atoms with van der Waals surface area (Å²) >= 11 is 0. The molecule has 0 aliphatic carbocycles. The van der Waals surface area contributed by atoms with Crippen molar-refractivity contribution in [3.05, 3.63) is 77.9 Å². The van der Waals surface area contributed by atoms with Crippen molar-refractivity contribution < 1.29 is 4.74 Å². The summed E-state index contributed by atoms with van der Waals surface area (Å²) < 4.78 is 5.73. The van der Waals surface area contributed by atoms with Crippen molar-refractivity contribution in [2.45, 2.75) is 12.6 Å². The van der Waals surface area contributed by atoms with E-state index in [1.165, 1.54) is 27.6 Å². The standard InChI is InChI=1S/C19H17NO/c1-3-9-16-14(6-1)8-5-11-18(16)20-19-13-21-12-15-7-2-4-10-17(15)19/h1-11,19-20H,12-13H2. The maximum absolute atomic E-state index is 5.73. The van der Waals surface area contributed by atoms with Gasteiger partial charge in [-0.1, -0.05) is 60.7 Å². The van der Waals surface area contributed by atoms with E-state index < -0.39 is 0 Å². The van der Waals surface area contributed by atoms with E-state index in [0.717, 1.165) is 0 Å². The second-order valence-corrected chi connectivity index (χ2v) is 5.44. The minimum Gasteiger partial charge on any atom is -0.375 e. The highest BCUT2D eigenvalue weighted by Gasteiger charge is 2.20. The Balaban J connectivity index is 1.73. The molecule has 2 nitrogen and oxygen atoms in total. The molecule has 0 radical (unpaired) electrons. The van der Waals surface area contributed by atoms with Gasteiger partial charge < -0.3 is 10.1 Å². The first kappa shape index (κ1) is 12.4. The van der Waals surface area contributed by atoms with Gasteiger partial charge in [0.2, 0.25) is 0 Å². The van der Waals surface area contributed by atoms with Crippen molar-refractivity contribution in [3.63, 3.8) is 0 Å². The first-order valence-corrected chi connectivity index (χ1v) is 7.32. The molecule has 1 heterocycles. The number of benzene rings is 3. The molecule has 104 valence electrons. The lowest BCUT2D eigenvalue weighted by atomic mass is 9.98. The summed E-state index contributed by atoms with van der Waals surface area (Å²) in [6.07, 6.45) is 0. The van der Waals surface area contributed by atoms with Gasteiger partial charge in [-0.2, -0.15) is 0 Å². The fourth-order valence-electron chi connectivity index (χ4n) is 3.04. The van der Waals surface area contributed by atoms with Crippen LogP contribution in [0.15, 0.2) is 66.7 Å². The van der Waals surface area contributed by atoms with Gasteiger partial charge in [-0.3, -0.25) is 0 Å². The Morgan fingerprint density at radius 1 is 0.857 bits per heavy atom. The lowest BCUT2D eigenvalue weighted by Crippen LogP contribution is -2.23. The summed E-state index contributed by atoms with van der Waals surface area (Å²) in [6, 6.07) is 23.6. The number of rotatable bonds is 2. The molecule has 0 spiro atoms. The first-order chi connectivity index (χ1) is 10.4. The number of fused-ring (bicyclic) bond motifs is 2. The Hall–Kier alpha value is -2.32. The molecule has 1 aliphatic rings. The fraction of sp³-hybridized carbons (Fsp3) is 0.158. The molecule has 1 aliphatic heterocycles. The number of hydrogen-bond donors (Lipinski definition) is 1. The predicted molar refractivity (Wildman–Crippen MR) is 86.4 cm³/mol. The van der Waals surface area contributed by atoms with Gasteiger partial charge in [-0.05, 0) is 22.6 Å². The zero-order valence-corrected chi connectivity index (χ0v) is 11.8. The van der Waals surface area contributed by atoms with Crippen molar-refractivity contribution in [2.24, 2.45) is 0 Å². The molecule has 0 saturated carbocycles. The van der Waals surface area contributed by atoms with Crippen LogP contribution in [0, 0.1) is 0 Å². The van der Waals surface area contributed by atoms with Crippen molar-refractivity contribution in [3.8, 4) is 0 Å². The van der Waals surface area contributed by atoms with Crippen LogP contribution in [-0.2, 0) is 11.3 Å². The van der Waals surface area contributed by atoms with E-state index in [1.807, 2.05) is 0 Å². The second kappa shape index (κ2) is 5.23. The number of nitrogens with one attached hydrogen (secondary N) is 1. The van der Waals surface area contributed by atoms with Gasteiger partial charge in [0.05, 0.1) is 19.3 Å². The molecule has 21 heavy (non-hydrogen) atoms. The first-order valence-electron chi connectivity index (χ1n) is 7.32. The van der Waals surface area contributed by atoms with Crippen LogP contribution in [0.5, 0.6) is 0 Å². The van der Waals surface area contributed by atoms with Crippen molar-refractivity contribution >= 4 is 16.5 Å². The van der Waals surface area contributed by atoms with Crippen LogP contribution < -0.4 is 5.32 Å². The number of hydrogen-bond acceptors (Lipinski definition) is 2. The van der Waals surface area contributed by atoms with Crippen LogP contribution in [0.25, 0.3) is 10.8 Å². The molecule has 1 N–H and O–H groups in total. The second-order valence-electron chi connectivity index (χ2n) is 5.44. The van der Waals surface area contributed by atoms with Crippen LogP contribution in [0.4, 0.5) is 5.69 Å². The average molecular weight is 275 g/mol. The molecular weight excluding hydrogens is 258 g/mol. The SMILES string of the molecule is c1ccc2c(c1)COCC2Nc1cccc2ccccc12. The topological polar surface area (TPSA) is 21.3 Å². The average Bonchev–Trinajstić information content (AvgIpc) is 2.56. The Kier molecular flexibility index (Phi) is 3.09. The van der Waals surface area contributed by atoms with Gasteiger partial charge in [0.25, 0.3) is 0 Å². The largest absolute Gasteiger partial charge is 0.375 e. The molecule has 1 atom stereocenters. The van der Waals surface area contributed by atoms with Crippen molar-refractivity contribution in [1.29, 1.82) is 0 Å². The van der Waals surface area contributed by atoms with Crippen LogP contribution in [0.3, 0.4) is 0 Å². The van der Waals surface area contributed by atoms with Crippen molar-refractivity contribution in [1.82, 2.24) is 0 Å². The molecule has 3 aromatic rings. The number of anilines is 1. The summed E-state index contributed by atoms with van der Waals surface area (Å²) in [6.45, 7) is 1.42. The van der Waals surface area contributed by atoms with E-state index in [4.69, 9.17) is 4.74 Å². The van der Waals surface area contributed by atoms with Crippen LogP contribution >= 0.6 is 0 Å². The quantitative estimate of drug-likeness (QED) is 0.742. The summed E-state index contributed by atoms with van der Waals surface area (Å²) in [7, 11) is 0. The van der Waals surface area contributed by atoms with Crippen molar-refractivity contribution in [2.75, 3.05) is 11.9 Å². The molecular formula is C19H17NO. The third-order valence-electron chi connectivity index (χ3n) is 4.09. The molecule has 0 bridgehead atoms. The Morgan fingerprint density at radius 2 is 1.67 bits per heavy atom. The van der Waals surface area contributed by atoms with Gasteiger partial charge >= 0.3 is 0 Å². The van der Waals surface area contributed by atoms with Crippen LogP contribution in [-0.4, -0.2) is 6.61 Å². The highest BCUT2D eigenvalue weighted by molar-refractivity contribution is 5.93. The summed E-state index contributed by atoms with van der Waals surface area (Å²) in [4.78, 5) is 0. The van der Waals surface area contributed by atoms with Gasteiger partial charge in [0.1, 0.15) is 0 Å². The fourth-order valence-corrected chi connectivity index (χ4v) is 3.04. The van der Waals surface area contributed by atoms with E-state index in [9.17, 15) is 0 Å². The summed E-state index contributed by atoms with van der Waals surface area (Å²) in [5, 5.41) is 6.16. The van der Waals surface area contributed by atoms with Gasteiger partial charge in [-0.25, -0.2) is 0 Å². The lowest BCUT2D eigenvalue weighted by Gasteiger charge is -2.27. The van der Waals surface area contributed by atoms with E-state index in [2.05, 4.69) is 72.0 Å². The molecule has 0 saturated heterocycles. The van der Waals surface area contributed by atoms with Gasteiger partial charge in [-0.15, -0.1) is 0 Å². The van der Waals surface area contributed by atoms with Gasteiger partial charge in [0.15, 0.2) is 0 Å². The molecule has 4 rings (SSSR count). The molecule has 0 amide bonds.